The first kappa shape index (κ1) is 21.7. The molecule has 1 aliphatic carbocycles. The van der Waals surface area contributed by atoms with Gasteiger partial charge in [0.15, 0.2) is 0 Å². The lowest BCUT2D eigenvalue weighted by atomic mass is 9.57. The summed E-state index contributed by atoms with van der Waals surface area (Å²) >= 11 is 0. The SMILES string of the molecule is COc1cc(C(=O)N2CCC3(c4ccccc4)CC2C3)ccc1COCCC(F)(F)F. The summed E-state index contributed by atoms with van der Waals surface area (Å²) in [7, 11) is 1.48. The lowest BCUT2D eigenvalue weighted by Gasteiger charge is -2.58. The average molecular weight is 433 g/mol. The van der Waals surface area contributed by atoms with Crippen LogP contribution in [0, 0.1) is 0 Å². The van der Waals surface area contributed by atoms with Crippen LogP contribution < -0.4 is 4.74 Å². The summed E-state index contributed by atoms with van der Waals surface area (Å²) < 4.78 is 47.3. The predicted octanol–water partition coefficient (Wildman–Crippen LogP) is 5.11. The molecule has 2 heterocycles. The molecule has 4 nitrogen and oxygen atoms in total. The van der Waals surface area contributed by atoms with E-state index in [0.29, 0.717) is 23.4 Å². The Balaban J connectivity index is 1.38. The molecule has 1 amide bonds. The molecule has 2 aromatic carbocycles. The van der Waals surface area contributed by atoms with Gasteiger partial charge in [-0.25, -0.2) is 0 Å². The number of hydrogen-bond acceptors (Lipinski definition) is 3. The monoisotopic (exact) mass is 433 g/mol. The Labute approximate surface area is 180 Å². The number of hydrogen-bond donors (Lipinski definition) is 0. The van der Waals surface area contributed by atoms with Crippen molar-refractivity contribution >= 4 is 5.91 Å². The fraction of sp³-hybridized carbons (Fsp3) is 0.458. The van der Waals surface area contributed by atoms with Gasteiger partial charge in [0.05, 0.1) is 26.7 Å². The van der Waals surface area contributed by atoms with Gasteiger partial charge in [0.2, 0.25) is 0 Å². The molecule has 7 heteroatoms. The first-order valence-corrected chi connectivity index (χ1v) is 10.5. The van der Waals surface area contributed by atoms with E-state index in [2.05, 4.69) is 24.3 Å². The van der Waals surface area contributed by atoms with E-state index in [9.17, 15) is 18.0 Å². The van der Waals surface area contributed by atoms with Gasteiger partial charge < -0.3 is 14.4 Å². The minimum atomic E-state index is -4.24. The Morgan fingerprint density at radius 2 is 1.90 bits per heavy atom. The molecule has 3 fully saturated rings. The molecular formula is C24H26F3NO3. The molecule has 0 unspecified atom stereocenters. The molecule has 0 radical (unpaired) electrons. The summed E-state index contributed by atoms with van der Waals surface area (Å²) in [5.74, 6) is 0.413. The van der Waals surface area contributed by atoms with E-state index >= 15 is 0 Å². The number of carbonyl (C=O) groups excluding carboxylic acids is 1. The highest BCUT2D eigenvalue weighted by molar-refractivity contribution is 5.95. The van der Waals surface area contributed by atoms with Crippen molar-refractivity contribution in [2.24, 2.45) is 0 Å². The number of piperidine rings is 2. The molecule has 166 valence electrons. The van der Waals surface area contributed by atoms with E-state index in [-0.39, 0.29) is 24.0 Å². The van der Waals surface area contributed by atoms with Crippen molar-refractivity contribution < 1.29 is 27.4 Å². The summed E-state index contributed by atoms with van der Waals surface area (Å²) in [5, 5.41) is 0. The molecule has 0 aromatic heterocycles. The zero-order chi connectivity index (χ0) is 22.1. The second-order valence-electron chi connectivity index (χ2n) is 8.40. The maximum Gasteiger partial charge on any atom is 0.391 e. The standard InChI is InChI=1S/C24H26F3NO3/c1-30-21-13-17(7-8-18(21)16-31-12-10-24(25,26)27)22(29)28-11-9-23(14-20(28)15-23)19-5-3-2-4-6-19/h2-8,13,20H,9-12,14-16H2,1H3. The largest absolute Gasteiger partial charge is 0.496 e. The van der Waals surface area contributed by atoms with Gasteiger partial charge in [0, 0.05) is 29.1 Å². The van der Waals surface area contributed by atoms with Gasteiger partial charge in [0.1, 0.15) is 5.75 Å². The van der Waals surface area contributed by atoms with Crippen LogP contribution in [-0.4, -0.2) is 43.3 Å². The second-order valence-corrected chi connectivity index (χ2v) is 8.40. The lowest BCUT2D eigenvalue weighted by molar-refractivity contribution is -0.146. The summed E-state index contributed by atoms with van der Waals surface area (Å²) in [6, 6.07) is 15.8. The zero-order valence-electron chi connectivity index (χ0n) is 17.5. The average Bonchev–Trinajstić information content (AvgIpc) is 2.75. The minimum absolute atomic E-state index is 0.000339. The smallest absolute Gasteiger partial charge is 0.391 e. The van der Waals surface area contributed by atoms with Gasteiger partial charge in [-0.05, 0) is 37.0 Å². The summed E-state index contributed by atoms with van der Waals surface area (Å²) in [6.07, 6.45) is -2.33. The summed E-state index contributed by atoms with van der Waals surface area (Å²) in [5.41, 5.74) is 2.69. The number of nitrogens with zero attached hydrogens (tertiary/aromatic N) is 1. The number of fused-ring (bicyclic) bond motifs is 2. The molecule has 0 atom stereocenters. The van der Waals surface area contributed by atoms with Gasteiger partial charge in [-0.3, -0.25) is 4.79 Å². The normalized spacial score (nSPS) is 22.7. The maximum atomic E-state index is 13.1. The van der Waals surface area contributed by atoms with Crippen LogP contribution in [0.25, 0.3) is 0 Å². The highest BCUT2D eigenvalue weighted by atomic mass is 19.4. The molecule has 2 aliphatic heterocycles. The molecule has 2 aromatic rings. The van der Waals surface area contributed by atoms with Crippen LogP contribution in [-0.2, 0) is 16.8 Å². The van der Waals surface area contributed by atoms with Crippen LogP contribution in [0.3, 0.4) is 0 Å². The number of carbonyl (C=O) groups is 1. The summed E-state index contributed by atoms with van der Waals surface area (Å²) in [4.78, 5) is 15.1. The Morgan fingerprint density at radius 3 is 2.52 bits per heavy atom. The molecule has 2 bridgehead atoms. The van der Waals surface area contributed by atoms with Crippen molar-refractivity contribution in [3.05, 3.63) is 65.2 Å². The first-order chi connectivity index (χ1) is 14.8. The quantitative estimate of drug-likeness (QED) is 0.570. The topological polar surface area (TPSA) is 38.8 Å². The van der Waals surface area contributed by atoms with Crippen molar-refractivity contribution in [1.29, 1.82) is 0 Å². The first-order valence-electron chi connectivity index (χ1n) is 10.5. The van der Waals surface area contributed by atoms with Crippen LogP contribution >= 0.6 is 0 Å². The van der Waals surface area contributed by atoms with Crippen molar-refractivity contribution in [1.82, 2.24) is 4.90 Å². The van der Waals surface area contributed by atoms with E-state index in [0.717, 1.165) is 19.3 Å². The zero-order valence-corrected chi connectivity index (χ0v) is 17.5. The van der Waals surface area contributed by atoms with Crippen LogP contribution in [0.2, 0.25) is 0 Å². The van der Waals surface area contributed by atoms with Gasteiger partial charge in [-0.2, -0.15) is 13.2 Å². The van der Waals surface area contributed by atoms with E-state index in [4.69, 9.17) is 9.47 Å². The third kappa shape index (κ3) is 4.56. The van der Waals surface area contributed by atoms with Crippen molar-refractivity contribution in [3.8, 4) is 5.75 Å². The highest BCUT2D eigenvalue weighted by Crippen LogP contribution is 2.52. The fourth-order valence-corrected chi connectivity index (χ4v) is 4.76. The molecule has 2 saturated heterocycles. The van der Waals surface area contributed by atoms with E-state index in [1.807, 2.05) is 11.0 Å². The minimum Gasteiger partial charge on any atom is -0.496 e. The van der Waals surface area contributed by atoms with Gasteiger partial charge >= 0.3 is 6.18 Å². The Hall–Kier alpha value is -2.54. The van der Waals surface area contributed by atoms with E-state index < -0.39 is 19.2 Å². The third-order valence-corrected chi connectivity index (χ3v) is 6.49. The number of rotatable bonds is 7. The molecule has 1 saturated carbocycles. The third-order valence-electron chi connectivity index (χ3n) is 6.49. The predicted molar refractivity (Wildman–Crippen MR) is 110 cm³/mol. The van der Waals surface area contributed by atoms with Crippen molar-refractivity contribution in [2.75, 3.05) is 20.3 Å². The summed E-state index contributed by atoms with van der Waals surface area (Å²) in [6.45, 7) is 0.300. The van der Waals surface area contributed by atoms with Gasteiger partial charge in [0.25, 0.3) is 5.91 Å². The Bertz CT molecular complexity index is 918. The lowest BCUT2D eigenvalue weighted by Crippen LogP contribution is -2.61. The Morgan fingerprint density at radius 1 is 1.16 bits per heavy atom. The Kier molecular flexibility index (Phi) is 5.97. The number of methoxy groups -OCH3 is 1. The highest BCUT2D eigenvalue weighted by Gasteiger charge is 2.52. The second kappa shape index (κ2) is 8.54. The number of alkyl halides is 3. The molecule has 31 heavy (non-hydrogen) atoms. The van der Waals surface area contributed by atoms with Crippen LogP contribution in [0.15, 0.2) is 48.5 Å². The van der Waals surface area contributed by atoms with Gasteiger partial charge in [-0.15, -0.1) is 0 Å². The van der Waals surface area contributed by atoms with E-state index in [1.165, 1.54) is 12.7 Å². The maximum absolute atomic E-state index is 13.1. The molecular weight excluding hydrogens is 407 g/mol. The molecule has 3 aliphatic rings. The molecule has 0 N–H and O–H groups in total. The molecule has 0 spiro atoms. The van der Waals surface area contributed by atoms with Crippen LogP contribution in [0.5, 0.6) is 5.75 Å². The number of halogens is 3. The fourth-order valence-electron chi connectivity index (χ4n) is 4.76. The van der Waals surface area contributed by atoms with Crippen LogP contribution in [0.1, 0.15) is 47.2 Å². The van der Waals surface area contributed by atoms with Crippen molar-refractivity contribution in [2.45, 2.75) is 49.9 Å². The van der Waals surface area contributed by atoms with E-state index in [1.54, 1.807) is 18.2 Å². The molecule has 5 rings (SSSR count). The van der Waals surface area contributed by atoms with Gasteiger partial charge in [-0.1, -0.05) is 36.4 Å². The number of ether oxygens (including phenoxy) is 2. The van der Waals surface area contributed by atoms with Crippen LogP contribution in [0.4, 0.5) is 13.2 Å². The van der Waals surface area contributed by atoms with Crippen molar-refractivity contribution in [3.63, 3.8) is 0 Å². The number of amides is 1. The number of benzene rings is 2.